The number of nitrogens with zero attached hydrogens (tertiary/aromatic N) is 8. The van der Waals surface area contributed by atoms with Gasteiger partial charge in [-0.15, -0.1) is 22.7 Å². The van der Waals surface area contributed by atoms with E-state index >= 15 is 0 Å². The predicted molar refractivity (Wildman–Crippen MR) is 317 cm³/mol. The number of halogens is 4. The number of carbonyl (C=O) groups is 2. The predicted octanol–water partition coefficient (Wildman–Crippen LogP) is 11.7. The Bertz CT molecular complexity index is 3630. The van der Waals surface area contributed by atoms with Gasteiger partial charge in [-0.2, -0.15) is 13.2 Å². The fourth-order valence-corrected chi connectivity index (χ4v) is 12.8. The molecule has 6 heterocycles. The van der Waals surface area contributed by atoms with Crippen LogP contribution < -0.4 is 33.5 Å². The largest absolute Gasteiger partial charge is 0.495 e. The van der Waals surface area contributed by atoms with Gasteiger partial charge in [0.05, 0.1) is 31.5 Å². The van der Waals surface area contributed by atoms with Crippen molar-refractivity contribution in [3.8, 4) is 28.7 Å². The van der Waals surface area contributed by atoms with E-state index in [9.17, 15) is 22.8 Å². The average Bonchev–Trinajstić information content (AvgIpc) is 4.53. The maximum absolute atomic E-state index is 13.9. The molecule has 0 bridgehead atoms. The van der Waals surface area contributed by atoms with Gasteiger partial charge in [0.15, 0.2) is 23.0 Å². The van der Waals surface area contributed by atoms with Crippen LogP contribution >= 0.6 is 34.3 Å². The number of fused-ring (bicyclic) bond motifs is 2. The second kappa shape index (κ2) is 25.1. The number of amides is 2. The molecule has 0 atom stereocenters. The molecule has 0 N–H and O–H groups in total. The van der Waals surface area contributed by atoms with Crippen molar-refractivity contribution in [1.29, 1.82) is 0 Å². The Hall–Kier alpha value is -7.88. The zero-order valence-corrected chi connectivity index (χ0v) is 48.5. The molecule has 2 fully saturated rings. The molecule has 2 aromatic heterocycles. The third-order valence-electron chi connectivity index (χ3n) is 15.4. The Kier molecular flexibility index (Phi) is 16.9. The molecule has 0 radical (unpaired) electrons. The van der Waals surface area contributed by atoms with Gasteiger partial charge in [0.25, 0.3) is 11.8 Å². The van der Waals surface area contributed by atoms with E-state index in [1.54, 1.807) is 23.5 Å². The summed E-state index contributed by atoms with van der Waals surface area (Å²) < 4.78 is 69.2. The molecule has 4 aliphatic rings. The number of thiazole rings is 2. The van der Waals surface area contributed by atoms with E-state index < -0.39 is 11.7 Å². The van der Waals surface area contributed by atoms with Gasteiger partial charge in [-0.1, -0.05) is 72.3 Å². The summed E-state index contributed by atoms with van der Waals surface area (Å²) in [7, 11) is 1.68. The summed E-state index contributed by atoms with van der Waals surface area (Å²) in [5.41, 5.74) is 8.08. The van der Waals surface area contributed by atoms with Crippen LogP contribution in [-0.2, 0) is 51.9 Å². The highest BCUT2D eigenvalue weighted by molar-refractivity contribution is 7.10. The van der Waals surface area contributed by atoms with Crippen molar-refractivity contribution in [3.63, 3.8) is 0 Å². The first kappa shape index (κ1) is 56.6. The van der Waals surface area contributed by atoms with E-state index in [4.69, 9.17) is 45.3 Å². The van der Waals surface area contributed by atoms with Crippen molar-refractivity contribution in [2.75, 3.05) is 82.9 Å². The van der Waals surface area contributed by atoms with Crippen LogP contribution in [0.2, 0.25) is 5.02 Å². The number of methoxy groups -OCH3 is 1. The summed E-state index contributed by atoms with van der Waals surface area (Å²) >= 11 is 9.27. The van der Waals surface area contributed by atoms with Crippen molar-refractivity contribution >= 4 is 57.5 Å². The van der Waals surface area contributed by atoms with E-state index in [1.807, 2.05) is 81.9 Å². The first-order chi connectivity index (χ1) is 40.8. The van der Waals surface area contributed by atoms with Crippen LogP contribution in [0.1, 0.15) is 69.9 Å². The first-order valence-electron chi connectivity index (χ1n) is 27.7. The summed E-state index contributed by atoms with van der Waals surface area (Å²) in [6, 6.07) is 39.9. The second-order valence-corrected chi connectivity index (χ2v) is 23.4. The summed E-state index contributed by atoms with van der Waals surface area (Å²) in [5.74, 6) is 3.33. The summed E-state index contributed by atoms with van der Waals surface area (Å²) in [5, 5.41) is 5.93. The van der Waals surface area contributed by atoms with Gasteiger partial charge in [-0.05, 0) is 107 Å². The summed E-state index contributed by atoms with van der Waals surface area (Å²) in [4.78, 5) is 49.9. The molecule has 4 aliphatic heterocycles. The quantitative estimate of drug-likeness (QED) is 0.0763. The molecular formula is C63H60ClF3N8O7S2. The number of hydrogen-bond acceptors (Lipinski definition) is 15. The minimum atomic E-state index is -4.44. The molecule has 15 nitrogen and oxygen atoms in total. The number of alkyl halides is 3. The summed E-state index contributed by atoms with van der Waals surface area (Å²) in [6.45, 7) is 7.62. The minimum Gasteiger partial charge on any atom is -0.495 e. The molecular weight excluding hydrogens is 1140 g/mol. The van der Waals surface area contributed by atoms with Crippen LogP contribution in [0.25, 0.3) is 0 Å². The van der Waals surface area contributed by atoms with Crippen molar-refractivity contribution in [3.05, 3.63) is 204 Å². The zero-order chi connectivity index (χ0) is 57.7. The molecule has 2 amide bonds. The lowest BCUT2D eigenvalue weighted by Crippen LogP contribution is -2.49. The Morgan fingerprint density at radius 1 is 0.560 bits per heavy atom. The lowest BCUT2D eigenvalue weighted by atomic mass is 9.97. The standard InChI is InChI=1S/C63H60ClF3N8O7S2/c1-78-54-8-3-2-7-53(54)73-21-25-75(26-22-73)62(77)52-39-84-60(69-52)37-71(33-44-13-16-49(64)17-14-44)35-47-30-58-57(81-41-82-58)29-46(47)27-42-9-11-43(12-10-42)32-70(34-45-15-18-55-56(28-45)80-40-79-55)36-59-68-51(38-83-59)61(76)74-23-19-72(20-24-74)50-6-4-5-48(31-50)63(65,66)67/h2-18,28-31,38-39H,19-27,32-37,40-41H2,1H3. The number of aromatic nitrogens is 2. The Labute approximate surface area is 497 Å². The molecule has 21 heteroatoms. The van der Waals surface area contributed by atoms with Crippen molar-refractivity contribution in [1.82, 2.24) is 29.6 Å². The molecule has 6 aromatic carbocycles. The number of para-hydroxylation sites is 2. The Morgan fingerprint density at radius 3 is 1.70 bits per heavy atom. The molecule has 12 rings (SSSR count). The highest BCUT2D eigenvalue weighted by Crippen LogP contribution is 2.38. The van der Waals surface area contributed by atoms with Crippen molar-refractivity contribution < 1.29 is 46.4 Å². The third-order valence-corrected chi connectivity index (χ3v) is 17.4. The lowest BCUT2D eigenvalue weighted by molar-refractivity contribution is -0.137. The van der Waals surface area contributed by atoms with Crippen LogP contribution in [0.5, 0.6) is 28.7 Å². The Balaban J connectivity index is 0.726. The number of anilines is 2. The topological polar surface area (TPSA) is 126 Å². The van der Waals surface area contributed by atoms with Gasteiger partial charge in [0.2, 0.25) is 13.6 Å². The average molecular weight is 1200 g/mol. The molecule has 84 heavy (non-hydrogen) atoms. The number of rotatable bonds is 19. The highest BCUT2D eigenvalue weighted by atomic mass is 35.5. The molecule has 2 saturated heterocycles. The van der Waals surface area contributed by atoms with Gasteiger partial charge >= 0.3 is 6.18 Å². The van der Waals surface area contributed by atoms with Gasteiger partial charge in [0, 0.05) is 100 Å². The SMILES string of the molecule is COc1ccccc1N1CCN(C(=O)c2csc(CN(Cc3ccc(Cl)cc3)Cc3cc4c(cc3Cc3ccc(CN(Cc5ccc6c(c5)OCO6)Cc5nc(C(=O)N6CCN(c7cccc(C(F)(F)F)c7)CC6)cs5)cc3)OCO4)n2)CC1. The van der Waals surface area contributed by atoms with Crippen molar-refractivity contribution in [2.45, 2.75) is 51.9 Å². The van der Waals surface area contributed by atoms with Crippen LogP contribution in [0, 0.1) is 0 Å². The van der Waals surface area contributed by atoms with Gasteiger partial charge in [-0.25, -0.2) is 9.97 Å². The number of hydrogen-bond donors (Lipinski definition) is 0. The Morgan fingerprint density at radius 2 is 1.08 bits per heavy atom. The minimum absolute atomic E-state index is 0.0720. The zero-order valence-electron chi connectivity index (χ0n) is 46.1. The molecule has 8 aromatic rings. The van der Waals surface area contributed by atoms with E-state index in [1.165, 1.54) is 28.7 Å². The lowest BCUT2D eigenvalue weighted by Gasteiger charge is -2.36. The summed E-state index contributed by atoms with van der Waals surface area (Å²) in [6.07, 6.45) is -3.81. The van der Waals surface area contributed by atoms with Gasteiger partial charge in [0.1, 0.15) is 27.2 Å². The number of carbonyl (C=O) groups excluding carboxylic acids is 2. The molecule has 434 valence electrons. The van der Waals surface area contributed by atoms with Crippen molar-refractivity contribution in [2.24, 2.45) is 0 Å². The van der Waals surface area contributed by atoms with Crippen LogP contribution in [-0.4, -0.2) is 114 Å². The number of benzene rings is 6. The number of piperazine rings is 2. The third kappa shape index (κ3) is 13.4. The van der Waals surface area contributed by atoms with Gasteiger partial charge in [-0.3, -0.25) is 19.4 Å². The molecule has 0 spiro atoms. The second-order valence-electron chi connectivity index (χ2n) is 21.1. The fraction of sp³-hybridized carbons (Fsp3) is 0.302. The van der Waals surface area contributed by atoms with Crippen LogP contribution in [0.15, 0.2) is 138 Å². The van der Waals surface area contributed by atoms with E-state index in [0.717, 1.165) is 67.0 Å². The number of ether oxygens (including phenoxy) is 5. The maximum atomic E-state index is 13.9. The van der Waals surface area contributed by atoms with Crippen LogP contribution in [0.4, 0.5) is 24.5 Å². The van der Waals surface area contributed by atoms with Crippen LogP contribution in [0.3, 0.4) is 0 Å². The monoisotopic (exact) mass is 1200 g/mol. The van der Waals surface area contributed by atoms with E-state index in [2.05, 4.69) is 51.1 Å². The smallest absolute Gasteiger partial charge is 0.416 e. The van der Waals surface area contributed by atoms with E-state index in [-0.39, 0.29) is 25.4 Å². The normalized spacial score (nSPS) is 14.9. The fourth-order valence-electron chi connectivity index (χ4n) is 11.1. The van der Waals surface area contributed by atoms with E-state index in [0.29, 0.717) is 143 Å². The van der Waals surface area contributed by atoms with Gasteiger partial charge < -0.3 is 43.3 Å². The molecule has 0 unspecified atom stereocenters. The first-order valence-corrected chi connectivity index (χ1v) is 29.8. The molecule has 0 aliphatic carbocycles. The maximum Gasteiger partial charge on any atom is 0.416 e. The molecule has 0 saturated carbocycles. The highest BCUT2D eigenvalue weighted by Gasteiger charge is 2.32.